The van der Waals surface area contributed by atoms with Gasteiger partial charge in [-0.15, -0.1) is 0 Å². The molecule has 1 saturated heterocycles. The van der Waals surface area contributed by atoms with E-state index in [-0.39, 0.29) is 18.8 Å². The molecule has 0 aliphatic carbocycles. The van der Waals surface area contributed by atoms with Crippen molar-refractivity contribution in [3.8, 4) is 0 Å². The van der Waals surface area contributed by atoms with Gasteiger partial charge in [-0.25, -0.2) is 0 Å². The lowest BCUT2D eigenvalue weighted by Crippen LogP contribution is -2.41. The molecular weight excluding hydrogens is 370 g/mol. The summed E-state index contributed by atoms with van der Waals surface area (Å²) in [6.45, 7) is 3.26. The number of benzene rings is 3. The molecular formula is C27H31NO2. The largest absolute Gasteiger partial charge is 0.392 e. The second kappa shape index (κ2) is 10.5. The highest BCUT2D eigenvalue weighted by atomic mass is 16.5. The zero-order valence-electron chi connectivity index (χ0n) is 17.5. The van der Waals surface area contributed by atoms with Crippen molar-refractivity contribution in [1.82, 2.24) is 4.90 Å². The van der Waals surface area contributed by atoms with Gasteiger partial charge in [0, 0.05) is 13.1 Å². The molecule has 1 aliphatic heterocycles. The molecule has 3 heteroatoms. The number of rotatable bonds is 8. The van der Waals surface area contributed by atoms with Crippen LogP contribution in [0.25, 0.3) is 0 Å². The standard InChI is InChI=1S/C27H31NO2/c29-21-23-15-13-22(14-16-23)17-19-28-18-7-12-26(20-28)30-27(24-8-3-1-4-9-24)25-10-5-2-6-11-25/h1-6,8-11,13-16,26-27,29H,7,12,17-21H2/t26-/m1/s1. The summed E-state index contributed by atoms with van der Waals surface area (Å²) in [5, 5.41) is 9.21. The molecule has 4 rings (SSSR count). The molecule has 3 aromatic rings. The lowest BCUT2D eigenvalue weighted by Gasteiger charge is -2.35. The van der Waals surface area contributed by atoms with Gasteiger partial charge in [-0.2, -0.15) is 0 Å². The van der Waals surface area contributed by atoms with E-state index in [1.807, 2.05) is 12.1 Å². The first kappa shape index (κ1) is 20.8. The molecule has 1 aliphatic rings. The third kappa shape index (κ3) is 5.57. The summed E-state index contributed by atoms with van der Waals surface area (Å²) in [5.74, 6) is 0. The van der Waals surface area contributed by atoms with Crippen LogP contribution in [0.15, 0.2) is 84.9 Å². The highest BCUT2D eigenvalue weighted by Gasteiger charge is 2.25. The van der Waals surface area contributed by atoms with Crippen molar-refractivity contribution in [2.45, 2.75) is 38.1 Å². The van der Waals surface area contributed by atoms with Crippen molar-refractivity contribution < 1.29 is 9.84 Å². The van der Waals surface area contributed by atoms with Crippen LogP contribution in [-0.2, 0) is 17.8 Å². The van der Waals surface area contributed by atoms with Gasteiger partial charge in [-0.1, -0.05) is 84.9 Å². The minimum atomic E-state index is -0.0247. The summed E-state index contributed by atoms with van der Waals surface area (Å²) >= 11 is 0. The predicted octanol–water partition coefficient (Wildman–Crippen LogP) is 4.99. The fourth-order valence-corrected chi connectivity index (χ4v) is 4.22. The van der Waals surface area contributed by atoms with Crippen molar-refractivity contribution in [3.63, 3.8) is 0 Å². The fraction of sp³-hybridized carbons (Fsp3) is 0.333. The Morgan fingerprint density at radius 2 is 1.43 bits per heavy atom. The molecule has 0 saturated carbocycles. The minimum Gasteiger partial charge on any atom is -0.392 e. The summed E-state index contributed by atoms with van der Waals surface area (Å²) in [7, 11) is 0. The number of aliphatic hydroxyl groups is 1. The predicted molar refractivity (Wildman–Crippen MR) is 121 cm³/mol. The first-order valence-corrected chi connectivity index (χ1v) is 11.0. The Kier molecular flexibility index (Phi) is 7.30. The Bertz CT molecular complexity index is 840. The lowest BCUT2D eigenvalue weighted by molar-refractivity contribution is -0.0330. The van der Waals surface area contributed by atoms with Gasteiger partial charge in [0.1, 0.15) is 6.10 Å². The number of hydrogen-bond acceptors (Lipinski definition) is 3. The SMILES string of the molecule is OCc1ccc(CCN2CCC[C@@H](OC(c3ccccc3)c3ccccc3)C2)cc1. The molecule has 156 valence electrons. The van der Waals surface area contributed by atoms with Gasteiger partial charge >= 0.3 is 0 Å². The Labute approximate surface area is 179 Å². The molecule has 1 fully saturated rings. The summed E-state index contributed by atoms with van der Waals surface area (Å²) in [4.78, 5) is 2.53. The van der Waals surface area contributed by atoms with E-state index in [1.54, 1.807) is 0 Å². The zero-order chi connectivity index (χ0) is 20.6. The van der Waals surface area contributed by atoms with Crippen molar-refractivity contribution in [2.75, 3.05) is 19.6 Å². The van der Waals surface area contributed by atoms with Gasteiger partial charge in [-0.3, -0.25) is 0 Å². The first-order valence-electron chi connectivity index (χ1n) is 11.0. The molecule has 1 atom stereocenters. The molecule has 0 spiro atoms. The van der Waals surface area contributed by atoms with Gasteiger partial charge in [-0.05, 0) is 48.1 Å². The quantitative estimate of drug-likeness (QED) is 0.577. The van der Waals surface area contributed by atoms with Crippen molar-refractivity contribution in [3.05, 3.63) is 107 Å². The van der Waals surface area contributed by atoms with E-state index >= 15 is 0 Å². The van der Waals surface area contributed by atoms with Crippen LogP contribution in [0.1, 0.15) is 41.2 Å². The smallest absolute Gasteiger partial charge is 0.108 e. The maximum absolute atomic E-state index is 9.21. The summed E-state index contributed by atoms with van der Waals surface area (Å²) in [6.07, 6.45) is 3.52. The Morgan fingerprint density at radius 1 is 0.833 bits per heavy atom. The number of likely N-dealkylation sites (tertiary alicyclic amines) is 1. The van der Waals surface area contributed by atoms with Gasteiger partial charge in [0.2, 0.25) is 0 Å². The molecule has 1 N–H and O–H groups in total. The van der Waals surface area contributed by atoms with Crippen LogP contribution in [0.4, 0.5) is 0 Å². The Hall–Kier alpha value is -2.46. The summed E-state index contributed by atoms with van der Waals surface area (Å²) < 4.78 is 6.71. The van der Waals surface area contributed by atoms with Gasteiger partial charge in [0.25, 0.3) is 0 Å². The third-order valence-electron chi connectivity index (χ3n) is 5.92. The normalized spacial score (nSPS) is 17.3. The molecule has 3 nitrogen and oxygen atoms in total. The number of piperidine rings is 1. The molecule has 0 radical (unpaired) electrons. The van der Waals surface area contributed by atoms with E-state index < -0.39 is 0 Å². The second-order valence-corrected chi connectivity index (χ2v) is 8.13. The summed E-state index contributed by atoms with van der Waals surface area (Å²) in [6, 6.07) is 29.4. The molecule has 0 amide bonds. The molecule has 0 unspecified atom stereocenters. The average molecular weight is 402 g/mol. The molecule has 0 aromatic heterocycles. The van der Waals surface area contributed by atoms with Gasteiger partial charge < -0.3 is 14.7 Å². The highest BCUT2D eigenvalue weighted by Crippen LogP contribution is 2.29. The zero-order valence-corrected chi connectivity index (χ0v) is 17.5. The van der Waals surface area contributed by atoms with E-state index in [0.29, 0.717) is 0 Å². The molecule has 0 bridgehead atoms. The monoisotopic (exact) mass is 401 g/mol. The Morgan fingerprint density at radius 3 is 2.03 bits per heavy atom. The molecule has 30 heavy (non-hydrogen) atoms. The van der Waals surface area contributed by atoms with Crippen LogP contribution in [0.3, 0.4) is 0 Å². The third-order valence-corrected chi connectivity index (χ3v) is 5.92. The highest BCUT2D eigenvalue weighted by molar-refractivity contribution is 5.30. The van der Waals surface area contributed by atoms with Crippen LogP contribution in [-0.4, -0.2) is 35.7 Å². The Balaban J connectivity index is 1.39. The van der Waals surface area contributed by atoms with E-state index in [2.05, 4.69) is 77.7 Å². The minimum absolute atomic E-state index is 0.0247. The average Bonchev–Trinajstić information content (AvgIpc) is 2.83. The van der Waals surface area contributed by atoms with E-state index in [9.17, 15) is 5.11 Å². The second-order valence-electron chi connectivity index (χ2n) is 8.13. The fourth-order valence-electron chi connectivity index (χ4n) is 4.22. The maximum atomic E-state index is 9.21. The van der Waals surface area contributed by atoms with Crippen LogP contribution in [0.2, 0.25) is 0 Å². The maximum Gasteiger partial charge on any atom is 0.108 e. The number of nitrogens with zero attached hydrogens (tertiary/aromatic N) is 1. The first-order chi connectivity index (χ1) is 14.8. The van der Waals surface area contributed by atoms with Crippen LogP contribution < -0.4 is 0 Å². The van der Waals surface area contributed by atoms with Crippen LogP contribution in [0.5, 0.6) is 0 Å². The van der Waals surface area contributed by atoms with Crippen molar-refractivity contribution >= 4 is 0 Å². The van der Waals surface area contributed by atoms with Crippen molar-refractivity contribution in [2.24, 2.45) is 0 Å². The number of aliphatic hydroxyl groups excluding tert-OH is 1. The number of hydrogen-bond donors (Lipinski definition) is 1. The van der Waals surface area contributed by atoms with Crippen LogP contribution in [0, 0.1) is 0 Å². The summed E-state index contributed by atoms with van der Waals surface area (Å²) in [5.41, 5.74) is 4.72. The van der Waals surface area contributed by atoms with E-state index in [0.717, 1.165) is 38.0 Å². The van der Waals surface area contributed by atoms with Gasteiger partial charge in [0.05, 0.1) is 12.7 Å². The van der Waals surface area contributed by atoms with E-state index in [1.165, 1.54) is 23.1 Å². The lowest BCUT2D eigenvalue weighted by atomic mass is 10.00. The van der Waals surface area contributed by atoms with Gasteiger partial charge in [0.15, 0.2) is 0 Å². The number of ether oxygens (including phenoxy) is 1. The van der Waals surface area contributed by atoms with Crippen LogP contribution >= 0.6 is 0 Å². The van der Waals surface area contributed by atoms with Crippen molar-refractivity contribution in [1.29, 1.82) is 0 Å². The topological polar surface area (TPSA) is 32.7 Å². The van der Waals surface area contributed by atoms with E-state index in [4.69, 9.17) is 4.74 Å². The molecule has 1 heterocycles. The molecule has 3 aromatic carbocycles.